The van der Waals surface area contributed by atoms with Crippen LogP contribution >= 0.6 is 0 Å². The third-order valence-electron chi connectivity index (χ3n) is 1.78. The van der Waals surface area contributed by atoms with Crippen molar-refractivity contribution in [2.75, 3.05) is 12.1 Å². The first-order chi connectivity index (χ1) is 7.06. The molecule has 0 radical (unpaired) electrons. The van der Waals surface area contributed by atoms with E-state index in [0.717, 1.165) is 0 Å². The quantitative estimate of drug-likeness (QED) is 0.293. The number of hydrogen-bond donors (Lipinski definition) is 2. The molecule has 0 saturated carbocycles. The van der Waals surface area contributed by atoms with Gasteiger partial charge in [0.05, 0.1) is 12.8 Å². The summed E-state index contributed by atoms with van der Waals surface area (Å²) in [5, 5.41) is 0.682. The van der Waals surface area contributed by atoms with E-state index in [9.17, 15) is 9.59 Å². The van der Waals surface area contributed by atoms with E-state index in [4.69, 9.17) is 16.3 Å². The molecule has 2 amide bonds. The fourth-order valence-electron chi connectivity index (χ4n) is 0.979. The number of benzene rings is 1. The summed E-state index contributed by atoms with van der Waals surface area (Å²) in [5.41, 5.74) is 5.16. The number of nitrogens with zero attached hydrogens (tertiary/aromatic N) is 1. The van der Waals surface area contributed by atoms with Crippen LogP contribution in [0.5, 0.6) is 5.75 Å². The van der Waals surface area contributed by atoms with Gasteiger partial charge < -0.3 is 10.5 Å². The zero-order valence-electron chi connectivity index (χ0n) is 8.14. The molecule has 0 spiro atoms. The van der Waals surface area contributed by atoms with Crippen LogP contribution in [0.4, 0.5) is 5.69 Å². The van der Waals surface area contributed by atoms with Gasteiger partial charge in [0, 0.05) is 0 Å². The van der Waals surface area contributed by atoms with Crippen molar-refractivity contribution in [3.05, 3.63) is 24.3 Å². The lowest BCUT2D eigenvalue weighted by molar-refractivity contribution is -0.135. The van der Waals surface area contributed by atoms with Gasteiger partial charge >= 0.3 is 11.8 Å². The highest BCUT2D eigenvalue weighted by atomic mass is 16.5. The van der Waals surface area contributed by atoms with Crippen molar-refractivity contribution >= 4 is 17.5 Å². The molecule has 0 aliphatic heterocycles. The summed E-state index contributed by atoms with van der Waals surface area (Å²) in [5.74, 6) is 3.92. The van der Waals surface area contributed by atoms with E-state index in [2.05, 4.69) is 0 Å². The van der Waals surface area contributed by atoms with Gasteiger partial charge in [0.15, 0.2) is 0 Å². The summed E-state index contributed by atoms with van der Waals surface area (Å²) in [6.45, 7) is 0. The minimum atomic E-state index is -1.10. The molecule has 15 heavy (non-hydrogen) atoms. The first-order valence-electron chi connectivity index (χ1n) is 4.09. The summed E-state index contributed by atoms with van der Waals surface area (Å²) in [7, 11) is 1.52. The van der Waals surface area contributed by atoms with Crippen LogP contribution in [-0.4, -0.2) is 18.9 Å². The number of ether oxygens (including phenoxy) is 1. The Bertz CT molecular complexity index is 375. The molecule has 0 unspecified atom stereocenters. The predicted octanol–water partition coefficient (Wildman–Crippen LogP) is -0.613. The Morgan fingerprint density at radius 3 is 2.20 bits per heavy atom. The number of hydrazine groups is 1. The van der Waals surface area contributed by atoms with E-state index in [1.54, 1.807) is 24.3 Å². The molecule has 0 heterocycles. The topological polar surface area (TPSA) is 98.7 Å². The largest absolute Gasteiger partial charge is 0.497 e. The minimum Gasteiger partial charge on any atom is -0.497 e. The van der Waals surface area contributed by atoms with Crippen LogP contribution in [0.2, 0.25) is 0 Å². The molecular weight excluding hydrogens is 198 g/mol. The van der Waals surface area contributed by atoms with Crippen molar-refractivity contribution in [1.29, 1.82) is 0 Å². The van der Waals surface area contributed by atoms with E-state index in [1.165, 1.54) is 7.11 Å². The molecule has 80 valence electrons. The molecule has 0 aromatic heterocycles. The summed E-state index contributed by atoms with van der Waals surface area (Å²) in [6, 6.07) is 6.31. The second-order valence-electron chi connectivity index (χ2n) is 2.74. The number of amides is 2. The molecule has 0 saturated heterocycles. The first-order valence-corrected chi connectivity index (χ1v) is 4.09. The third kappa shape index (κ3) is 2.44. The number of nitrogens with two attached hydrogens (primary N) is 2. The van der Waals surface area contributed by atoms with Gasteiger partial charge in [0.2, 0.25) is 0 Å². The standard InChI is InChI=1S/C9H11N3O3/c1-15-7-4-2-6(3-5-7)12(11)9(14)8(10)13/h2-5H,11H2,1H3,(H2,10,13). The molecular formula is C9H11N3O3. The maximum atomic E-state index is 11.1. The highest BCUT2D eigenvalue weighted by Crippen LogP contribution is 2.16. The van der Waals surface area contributed by atoms with Crippen LogP contribution in [0.3, 0.4) is 0 Å². The van der Waals surface area contributed by atoms with Crippen LogP contribution in [0.15, 0.2) is 24.3 Å². The Morgan fingerprint density at radius 1 is 1.27 bits per heavy atom. The summed E-state index contributed by atoms with van der Waals surface area (Å²) >= 11 is 0. The zero-order valence-corrected chi connectivity index (χ0v) is 8.14. The highest BCUT2D eigenvalue weighted by molar-refractivity contribution is 6.39. The molecule has 1 aromatic rings. The molecule has 0 atom stereocenters. The lowest BCUT2D eigenvalue weighted by Gasteiger charge is -2.14. The van der Waals surface area contributed by atoms with Gasteiger partial charge in [-0.3, -0.25) is 9.59 Å². The fraction of sp³-hybridized carbons (Fsp3) is 0.111. The van der Waals surface area contributed by atoms with Gasteiger partial charge in [0.25, 0.3) is 0 Å². The van der Waals surface area contributed by atoms with Gasteiger partial charge in [0.1, 0.15) is 5.75 Å². The molecule has 0 aliphatic carbocycles. The second kappa shape index (κ2) is 4.43. The van der Waals surface area contributed by atoms with E-state index in [-0.39, 0.29) is 0 Å². The second-order valence-corrected chi connectivity index (χ2v) is 2.74. The maximum Gasteiger partial charge on any atom is 0.330 e. The van der Waals surface area contributed by atoms with Crippen LogP contribution in [-0.2, 0) is 9.59 Å². The average molecular weight is 209 g/mol. The molecule has 6 heteroatoms. The van der Waals surface area contributed by atoms with Gasteiger partial charge in [-0.15, -0.1) is 0 Å². The fourth-order valence-corrected chi connectivity index (χ4v) is 0.979. The van der Waals surface area contributed by atoms with E-state index in [0.29, 0.717) is 16.4 Å². The Balaban J connectivity index is 2.87. The van der Waals surface area contributed by atoms with Gasteiger partial charge in [-0.05, 0) is 24.3 Å². The van der Waals surface area contributed by atoms with Gasteiger partial charge in [-0.25, -0.2) is 10.9 Å². The number of carbonyl (C=O) groups excluding carboxylic acids is 2. The van der Waals surface area contributed by atoms with Crippen molar-refractivity contribution in [1.82, 2.24) is 0 Å². The van der Waals surface area contributed by atoms with E-state index in [1.807, 2.05) is 0 Å². The van der Waals surface area contributed by atoms with E-state index >= 15 is 0 Å². The number of primary amides is 1. The average Bonchev–Trinajstić information content (AvgIpc) is 2.27. The van der Waals surface area contributed by atoms with Crippen molar-refractivity contribution in [2.45, 2.75) is 0 Å². The lowest BCUT2D eigenvalue weighted by atomic mass is 10.3. The molecule has 1 aromatic carbocycles. The van der Waals surface area contributed by atoms with E-state index < -0.39 is 11.8 Å². The number of rotatable bonds is 2. The predicted molar refractivity (Wildman–Crippen MR) is 53.9 cm³/mol. The smallest absolute Gasteiger partial charge is 0.330 e. The third-order valence-corrected chi connectivity index (χ3v) is 1.78. The molecule has 4 N–H and O–H groups in total. The lowest BCUT2D eigenvalue weighted by Crippen LogP contribution is -2.45. The van der Waals surface area contributed by atoms with Gasteiger partial charge in [-0.2, -0.15) is 0 Å². The number of hydrogen-bond acceptors (Lipinski definition) is 4. The maximum absolute atomic E-state index is 11.1. The van der Waals surface area contributed by atoms with Crippen molar-refractivity contribution < 1.29 is 14.3 Å². The zero-order chi connectivity index (χ0) is 11.4. The molecule has 0 aliphatic rings. The Kier molecular flexibility index (Phi) is 3.25. The Morgan fingerprint density at radius 2 is 1.80 bits per heavy atom. The molecule has 6 nitrogen and oxygen atoms in total. The van der Waals surface area contributed by atoms with Crippen molar-refractivity contribution in [2.24, 2.45) is 11.6 Å². The molecule has 1 rings (SSSR count). The van der Waals surface area contributed by atoms with Crippen LogP contribution in [0, 0.1) is 0 Å². The molecule has 0 fully saturated rings. The monoisotopic (exact) mass is 209 g/mol. The summed E-state index contributed by atoms with van der Waals surface area (Å²) in [4.78, 5) is 21.7. The van der Waals surface area contributed by atoms with Crippen molar-refractivity contribution in [3.8, 4) is 5.75 Å². The summed E-state index contributed by atoms with van der Waals surface area (Å²) in [6.07, 6.45) is 0. The van der Waals surface area contributed by atoms with Gasteiger partial charge in [-0.1, -0.05) is 0 Å². The van der Waals surface area contributed by atoms with Crippen LogP contribution < -0.4 is 21.3 Å². The molecule has 0 bridgehead atoms. The number of carbonyl (C=O) groups is 2. The highest BCUT2D eigenvalue weighted by Gasteiger charge is 2.17. The SMILES string of the molecule is COc1ccc(N(N)C(=O)C(N)=O)cc1. The first kappa shape index (κ1) is 11.0. The summed E-state index contributed by atoms with van der Waals surface area (Å²) < 4.78 is 4.92. The van der Waals surface area contributed by atoms with Crippen LogP contribution in [0.25, 0.3) is 0 Å². The van der Waals surface area contributed by atoms with Crippen molar-refractivity contribution in [3.63, 3.8) is 0 Å². The normalized spacial score (nSPS) is 9.47. The minimum absolute atomic E-state index is 0.361. The Labute approximate surface area is 86.4 Å². The van der Waals surface area contributed by atoms with Crippen LogP contribution in [0.1, 0.15) is 0 Å². The number of methoxy groups -OCH3 is 1. The Hall–Kier alpha value is -2.08. The number of anilines is 1.